The summed E-state index contributed by atoms with van der Waals surface area (Å²) in [5, 5.41) is 1.40. The van der Waals surface area contributed by atoms with Crippen molar-refractivity contribution in [2.45, 2.75) is 32.1 Å². The van der Waals surface area contributed by atoms with Crippen LogP contribution in [-0.4, -0.2) is 13.3 Å². The van der Waals surface area contributed by atoms with Gasteiger partial charge in [-0.1, -0.05) is 58.9 Å². The highest BCUT2D eigenvalue weighted by Crippen LogP contribution is 2.30. The fraction of sp³-hybridized carbons (Fsp3) is 0.571. The molecule has 1 atom stereocenters. The van der Waals surface area contributed by atoms with Gasteiger partial charge in [-0.25, -0.2) is 0 Å². The molecule has 0 radical (unpaired) electrons. The van der Waals surface area contributed by atoms with Crippen molar-refractivity contribution < 1.29 is 4.74 Å². The largest absolute Gasteiger partial charge is 0.496 e. The van der Waals surface area contributed by atoms with E-state index in [1.807, 2.05) is 6.07 Å². The van der Waals surface area contributed by atoms with Crippen LogP contribution in [0.25, 0.3) is 0 Å². The Kier molecular flexibility index (Phi) is 4.66. The molecule has 1 aromatic carbocycles. The average Bonchev–Trinajstić information content (AvgIpc) is 2.38. The molecule has 1 aliphatic rings. The summed E-state index contributed by atoms with van der Waals surface area (Å²) >= 11 is 0. The van der Waals surface area contributed by atoms with E-state index in [2.05, 4.69) is 18.2 Å². The summed E-state index contributed by atoms with van der Waals surface area (Å²) in [4.78, 5) is 0. The molecule has 2 heteroatoms. The zero-order valence-electron chi connectivity index (χ0n) is 10.0. The molecular weight excluding hydrogens is 215 g/mol. The van der Waals surface area contributed by atoms with E-state index in [4.69, 9.17) is 4.74 Å². The number of hydrogen-bond acceptors (Lipinski definition) is 1. The molecule has 1 saturated carbocycles. The van der Waals surface area contributed by atoms with E-state index in [1.54, 1.807) is 7.11 Å². The summed E-state index contributed by atoms with van der Waals surface area (Å²) in [6.07, 6.45) is 8.60. The van der Waals surface area contributed by atoms with Crippen LogP contribution in [0.15, 0.2) is 24.3 Å². The third-order valence-electron chi connectivity index (χ3n) is 3.41. The Morgan fingerprint density at radius 2 is 1.94 bits per heavy atom. The third-order valence-corrected chi connectivity index (χ3v) is 4.99. The van der Waals surface area contributed by atoms with Gasteiger partial charge in [0.2, 0.25) is 0 Å². The van der Waals surface area contributed by atoms with E-state index in [0.29, 0.717) is 0 Å². The molecule has 1 unspecified atom stereocenters. The van der Waals surface area contributed by atoms with Crippen LogP contribution in [0.1, 0.15) is 32.1 Å². The van der Waals surface area contributed by atoms with Gasteiger partial charge in [0.1, 0.15) is 5.75 Å². The smallest absolute Gasteiger partial charge is 0.126 e. The maximum atomic E-state index is 5.39. The summed E-state index contributed by atoms with van der Waals surface area (Å²) < 4.78 is 5.39. The molecule has 1 fully saturated rings. The second-order valence-electron chi connectivity index (χ2n) is 4.59. The summed E-state index contributed by atoms with van der Waals surface area (Å²) in [5.41, 5.74) is 0. The lowest BCUT2D eigenvalue weighted by molar-refractivity contribution is 0.390. The topological polar surface area (TPSA) is 9.23 Å². The number of hydrogen-bond donors (Lipinski definition) is 0. The van der Waals surface area contributed by atoms with Gasteiger partial charge >= 0.3 is 0 Å². The van der Waals surface area contributed by atoms with Crippen molar-refractivity contribution >= 4 is 13.9 Å². The highest BCUT2D eigenvalue weighted by atomic mass is 31.1. The fourth-order valence-electron chi connectivity index (χ4n) is 2.44. The monoisotopic (exact) mass is 236 g/mol. The van der Waals surface area contributed by atoms with Gasteiger partial charge < -0.3 is 4.74 Å². The molecule has 2 rings (SSSR count). The summed E-state index contributed by atoms with van der Waals surface area (Å²) in [6.45, 7) is 0. The first kappa shape index (κ1) is 11.9. The van der Waals surface area contributed by atoms with Gasteiger partial charge in [0, 0.05) is 5.30 Å². The highest BCUT2D eigenvalue weighted by molar-refractivity contribution is 7.47. The molecule has 0 aromatic heterocycles. The maximum Gasteiger partial charge on any atom is 0.126 e. The zero-order valence-corrected chi connectivity index (χ0v) is 11.0. The Morgan fingerprint density at radius 1 is 1.19 bits per heavy atom. The Bertz CT molecular complexity index is 318. The number of rotatable bonds is 4. The standard InChI is InChI=1S/C14H21OP/c1-15-13-9-5-6-10-14(13)16-11-12-7-3-2-4-8-12/h5-6,9-10,12,16H,2-4,7-8,11H2,1H3. The van der Waals surface area contributed by atoms with Crippen molar-refractivity contribution in [2.24, 2.45) is 5.92 Å². The normalized spacial score (nSPS) is 18.1. The predicted molar refractivity (Wildman–Crippen MR) is 72.4 cm³/mol. The van der Waals surface area contributed by atoms with Crippen LogP contribution in [0.2, 0.25) is 0 Å². The second kappa shape index (κ2) is 6.25. The van der Waals surface area contributed by atoms with Crippen LogP contribution in [0.3, 0.4) is 0 Å². The Morgan fingerprint density at radius 3 is 2.69 bits per heavy atom. The summed E-state index contributed by atoms with van der Waals surface area (Å²) in [5.74, 6) is 2.04. The first-order chi connectivity index (χ1) is 7.90. The van der Waals surface area contributed by atoms with Crippen molar-refractivity contribution in [1.82, 2.24) is 0 Å². The molecule has 1 aliphatic carbocycles. The lowest BCUT2D eigenvalue weighted by Gasteiger charge is -2.21. The van der Waals surface area contributed by atoms with Crippen LogP contribution >= 0.6 is 8.58 Å². The van der Waals surface area contributed by atoms with Gasteiger partial charge in [0.15, 0.2) is 0 Å². The molecule has 0 amide bonds. The second-order valence-corrected chi connectivity index (χ2v) is 5.89. The zero-order chi connectivity index (χ0) is 11.2. The minimum absolute atomic E-state index is 0.916. The van der Waals surface area contributed by atoms with Crippen molar-refractivity contribution in [3.8, 4) is 5.75 Å². The first-order valence-corrected chi connectivity index (χ1v) is 7.48. The molecule has 88 valence electrons. The van der Waals surface area contributed by atoms with Crippen LogP contribution in [-0.2, 0) is 0 Å². The molecule has 0 saturated heterocycles. The molecule has 16 heavy (non-hydrogen) atoms. The molecule has 0 spiro atoms. The minimum Gasteiger partial charge on any atom is -0.496 e. The van der Waals surface area contributed by atoms with Gasteiger partial charge in [-0.05, 0) is 18.1 Å². The van der Waals surface area contributed by atoms with Crippen LogP contribution in [0.4, 0.5) is 0 Å². The van der Waals surface area contributed by atoms with E-state index < -0.39 is 0 Å². The van der Waals surface area contributed by atoms with E-state index >= 15 is 0 Å². The van der Waals surface area contributed by atoms with Gasteiger partial charge in [-0.3, -0.25) is 0 Å². The van der Waals surface area contributed by atoms with E-state index in [1.165, 1.54) is 43.6 Å². The van der Waals surface area contributed by atoms with Crippen LogP contribution < -0.4 is 10.0 Å². The van der Waals surface area contributed by atoms with E-state index in [-0.39, 0.29) is 0 Å². The van der Waals surface area contributed by atoms with Crippen LogP contribution in [0, 0.1) is 5.92 Å². The van der Waals surface area contributed by atoms with E-state index in [9.17, 15) is 0 Å². The average molecular weight is 236 g/mol. The predicted octanol–water partition coefficient (Wildman–Crippen LogP) is 3.58. The molecule has 0 N–H and O–H groups in total. The Labute approximate surface area is 100 Å². The molecule has 1 aromatic rings. The van der Waals surface area contributed by atoms with Crippen molar-refractivity contribution in [3.05, 3.63) is 24.3 Å². The maximum absolute atomic E-state index is 5.39. The Balaban J connectivity index is 1.88. The number of benzene rings is 1. The van der Waals surface area contributed by atoms with Gasteiger partial charge in [0.25, 0.3) is 0 Å². The Hall–Kier alpha value is -0.550. The molecular formula is C14H21OP. The highest BCUT2D eigenvalue weighted by Gasteiger charge is 2.13. The van der Waals surface area contributed by atoms with Crippen molar-refractivity contribution in [1.29, 1.82) is 0 Å². The third kappa shape index (κ3) is 3.22. The number of ether oxygens (including phenoxy) is 1. The molecule has 0 heterocycles. The van der Waals surface area contributed by atoms with Gasteiger partial charge in [0.05, 0.1) is 7.11 Å². The summed E-state index contributed by atoms with van der Waals surface area (Å²) in [6, 6.07) is 8.45. The fourth-order valence-corrected chi connectivity index (χ4v) is 3.93. The lowest BCUT2D eigenvalue weighted by atomic mass is 9.91. The minimum atomic E-state index is 0.916. The van der Waals surface area contributed by atoms with Gasteiger partial charge in [-0.2, -0.15) is 0 Å². The lowest BCUT2D eigenvalue weighted by Crippen LogP contribution is -2.10. The SMILES string of the molecule is COc1ccccc1PCC1CCCCC1. The number of para-hydroxylation sites is 1. The van der Waals surface area contributed by atoms with Crippen molar-refractivity contribution in [3.63, 3.8) is 0 Å². The van der Waals surface area contributed by atoms with Gasteiger partial charge in [-0.15, -0.1) is 0 Å². The van der Waals surface area contributed by atoms with E-state index in [0.717, 1.165) is 20.2 Å². The summed E-state index contributed by atoms with van der Waals surface area (Å²) in [7, 11) is 2.68. The quantitative estimate of drug-likeness (QED) is 0.726. The van der Waals surface area contributed by atoms with Crippen LogP contribution in [0.5, 0.6) is 5.75 Å². The molecule has 0 bridgehead atoms. The molecule has 1 nitrogen and oxygen atoms in total. The van der Waals surface area contributed by atoms with Crippen molar-refractivity contribution in [2.75, 3.05) is 13.3 Å². The first-order valence-electron chi connectivity index (χ1n) is 6.27. The molecule has 0 aliphatic heterocycles. The number of methoxy groups -OCH3 is 1.